The summed E-state index contributed by atoms with van der Waals surface area (Å²) in [7, 11) is 1.63. The predicted octanol–water partition coefficient (Wildman–Crippen LogP) is 3.49. The zero-order chi connectivity index (χ0) is 18.1. The average Bonchev–Trinajstić information content (AvgIpc) is 3.36. The van der Waals surface area contributed by atoms with Crippen LogP contribution < -0.4 is 4.74 Å². The fourth-order valence-electron chi connectivity index (χ4n) is 3.65. The highest BCUT2D eigenvalue weighted by molar-refractivity contribution is 5.93. The van der Waals surface area contributed by atoms with Crippen LogP contribution >= 0.6 is 0 Å². The SMILES string of the molecule is CC[C@@H]1c2cccn2CCN1C(=O)c1cc(-c2cccc(OC)c2)n[nH]1. The number of carbonyl (C=O) groups excluding carboxylic acids is 1. The number of amides is 1. The molecule has 0 unspecified atom stereocenters. The summed E-state index contributed by atoms with van der Waals surface area (Å²) in [5.74, 6) is 0.757. The molecule has 26 heavy (non-hydrogen) atoms. The number of H-pyrrole nitrogens is 1. The van der Waals surface area contributed by atoms with Crippen LogP contribution in [0, 0.1) is 0 Å². The second-order valence-electron chi connectivity index (χ2n) is 6.45. The number of ether oxygens (including phenoxy) is 1. The first kappa shape index (κ1) is 16.4. The third-order valence-electron chi connectivity index (χ3n) is 4.99. The van der Waals surface area contributed by atoms with Crippen LogP contribution in [0.3, 0.4) is 0 Å². The Morgan fingerprint density at radius 2 is 2.15 bits per heavy atom. The van der Waals surface area contributed by atoms with E-state index in [-0.39, 0.29) is 11.9 Å². The number of hydrogen-bond donors (Lipinski definition) is 1. The molecule has 0 saturated heterocycles. The first-order chi connectivity index (χ1) is 12.7. The molecule has 3 heterocycles. The number of aromatic nitrogens is 3. The molecule has 6 nitrogen and oxygen atoms in total. The molecule has 1 amide bonds. The summed E-state index contributed by atoms with van der Waals surface area (Å²) in [5, 5.41) is 7.24. The number of nitrogens with zero attached hydrogens (tertiary/aromatic N) is 3. The van der Waals surface area contributed by atoms with Crippen molar-refractivity contribution in [3.8, 4) is 17.0 Å². The molecule has 0 bridgehead atoms. The minimum Gasteiger partial charge on any atom is -0.497 e. The van der Waals surface area contributed by atoms with E-state index in [1.54, 1.807) is 7.11 Å². The molecular formula is C20H22N4O2. The van der Waals surface area contributed by atoms with E-state index in [4.69, 9.17) is 4.74 Å². The van der Waals surface area contributed by atoms with Gasteiger partial charge >= 0.3 is 0 Å². The van der Waals surface area contributed by atoms with Crippen LogP contribution in [0.4, 0.5) is 0 Å². The van der Waals surface area contributed by atoms with Gasteiger partial charge in [0, 0.05) is 30.5 Å². The smallest absolute Gasteiger partial charge is 0.272 e. The number of rotatable bonds is 4. The summed E-state index contributed by atoms with van der Waals surface area (Å²) in [6.07, 6.45) is 2.96. The third kappa shape index (κ3) is 2.77. The second kappa shape index (κ2) is 6.71. The van der Waals surface area contributed by atoms with Crippen molar-refractivity contribution >= 4 is 5.91 Å². The molecule has 1 atom stereocenters. The largest absolute Gasteiger partial charge is 0.497 e. The fraction of sp³-hybridized carbons (Fsp3) is 0.300. The number of methoxy groups -OCH3 is 1. The Morgan fingerprint density at radius 3 is 2.96 bits per heavy atom. The van der Waals surface area contributed by atoms with Crippen LogP contribution in [-0.2, 0) is 6.54 Å². The molecule has 0 fully saturated rings. The van der Waals surface area contributed by atoms with Crippen molar-refractivity contribution in [2.45, 2.75) is 25.9 Å². The predicted molar refractivity (Wildman–Crippen MR) is 99.1 cm³/mol. The topological polar surface area (TPSA) is 63.1 Å². The van der Waals surface area contributed by atoms with E-state index < -0.39 is 0 Å². The van der Waals surface area contributed by atoms with Gasteiger partial charge in [0.05, 0.1) is 18.8 Å². The summed E-state index contributed by atoms with van der Waals surface area (Å²) in [6.45, 7) is 3.64. The van der Waals surface area contributed by atoms with E-state index >= 15 is 0 Å². The summed E-state index contributed by atoms with van der Waals surface area (Å²) >= 11 is 0. The normalized spacial score (nSPS) is 16.4. The van der Waals surface area contributed by atoms with E-state index in [9.17, 15) is 4.79 Å². The van der Waals surface area contributed by atoms with Crippen LogP contribution in [0.1, 0.15) is 35.6 Å². The number of benzene rings is 1. The molecule has 0 aliphatic carbocycles. The summed E-state index contributed by atoms with van der Waals surface area (Å²) in [4.78, 5) is 15.0. The van der Waals surface area contributed by atoms with Crippen molar-refractivity contribution in [1.29, 1.82) is 0 Å². The monoisotopic (exact) mass is 350 g/mol. The van der Waals surface area contributed by atoms with Crippen LogP contribution in [0.15, 0.2) is 48.7 Å². The number of nitrogens with one attached hydrogen (secondary N) is 1. The number of aromatic amines is 1. The van der Waals surface area contributed by atoms with Gasteiger partial charge in [0.25, 0.3) is 5.91 Å². The maximum absolute atomic E-state index is 13.1. The molecule has 4 rings (SSSR count). The molecule has 0 saturated carbocycles. The standard InChI is InChI=1S/C20H22N4O2/c1-3-18-19-8-5-9-23(19)10-11-24(18)20(25)17-13-16(21-22-17)14-6-4-7-15(12-14)26-2/h4-9,12-13,18H,3,10-11H2,1-2H3,(H,21,22)/t18-/m1/s1. The van der Waals surface area contributed by atoms with Gasteiger partial charge in [-0.1, -0.05) is 19.1 Å². The van der Waals surface area contributed by atoms with Crippen LogP contribution in [-0.4, -0.2) is 39.2 Å². The van der Waals surface area contributed by atoms with Gasteiger partial charge in [-0.15, -0.1) is 0 Å². The Balaban J connectivity index is 1.60. The maximum Gasteiger partial charge on any atom is 0.272 e. The quantitative estimate of drug-likeness (QED) is 0.783. The lowest BCUT2D eigenvalue weighted by molar-refractivity contribution is 0.0611. The van der Waals surface area contributed by atoms with Gasteiger partial charge in [-0.3, -0.25) is 9.89 Å². The summed E-state index contributed by atoms with van der Waals surface area (Å²) < 4.78 is 7.49. The molecule has 134 valence electrons. The molecule has 3 aromatic rings. The van der Waals surface area contributed by atoms with Crippen LogP contribution in [0.25, 0.3) is 11.3 Å². The molecule has 1 aliphatic heterocycles. The average molecular weight is 350 g/mol. The van der Waals surface area contributed by atoms with Crippen LogP contribution in [0.5, 0.6) is 5.75 Å². The van der Waals surface area contributed by atoms with E-state index in [2.05, 4.69) is 34.0 Å². The van der Waals surface area contributed by atoms with E-state index in [1.165, 1.54) is 5.69 Å². The zero-order valence-electron chi connectivity index (χ0n) is 15.0. The molecule has 1 aliphatic rings. The highest BCUT2D eigenvalue weighted by Gasteiger charge is 2.31. The van der Waals surface area contributed by atoms with Crippen molar-refractivity contribution in [3.63, 3.8) is 0 Å². The fourth-order valence-corrected chi connectivity index (χ4v) is 3.65. The third-order valence-corrected chi connectivity index (χ3v) is 4.99. The molecule has 6 heteroatoms. The van der Waals surface area contributed by atoms with Gasteiger partial charge in [0.15, 0.2) is 0 Å². The Kier molecular flexibility index (Phi) is 4.24. The molecule has 0 spiro atoms. The molecule has 0 radical (unpaired) electrons. The van der Waals surface area contributed by atoms with Gasteiger partial charge in [-0.05, 0) is 36.8 Å². The summed E-state index contributed by atoms with van der Waals surface area (Å²) in [6, 6.07) is 13.7. The van der Waals surface area contributed by atoms with Crippen molar-refractivity contribution < 1.29 is 9.53 Å². The van der Waals surface area contributed by atoms with E-state index in [0.29, 0.717) is 12.2 Å². The number of carbonyl (C=O) groups is 1. The first-order valence-electron chi connectivity index (χ1n) is 8.87. The molecular weight excluding hydrogens is 328 g/mol. The lowest BCUT2D eigenvalue weighted by atomic mass is 10.1. The Morgan fingerprint density at radius 1 is 1.27 bits per heavy atom. The van der Waals surface area contributed by atoms with E-state index in [1.807, 2.05) is 41.3 Å². The van der Waals surface area contributed by atoms with Crippen molar-refractivity contribution in [1.82, 2.24) is 19.7 Å². The van der Waals surface area contributed by atoms with E-state index in [0.717, 1.165) is 30.0 Å². The second-order valence-corrected chi connectivity index (χ2v) is 6.45. The minimum absolute atomic E-state index is 0.00838. The van der Waals surface area contributed by atoms with Crippen molar-refractivity contribution in [3.05, 3.63) is 60.0 Å². The zero-order valence-corrected chi connectivity index (χ0v) is 15.0. The van der Waals surface area contributed by atoms with Gasteiger partial charge in [0.2, 0.25) is 0 Å². The van der Waals surface area contributed by atoms with Crippen molar-refractivity contribution in [2.24, 2.45) is 0 Å². The van der Waals surface area contributed by atoms with Crippen molar-refractivity contribution in [2.75, 3.05) is 13.7 Å². The molecule has 1 N–H and O–H groups in total. The molecule has 1 aromatic carbocycles. The van der Waals surface area contributed by atoms with Gasteiger partial charge in [-0.2, -0.15) is 5.10 Å². The highest BCUT2D eigenvalue weighted by Crippen LogP contribution is 2.30. The highest BCUT2D eigenvalue weighted by atomic mass is 16.5. The van der Waals surface area contributed by atoms with Gasteiger partial charge in [0.1, 0.15) is 11.4 Å². The minimum atomic E-state index is -0.00838. The first-order valence-corrected chi connectivity index (χ1v) is 8.87. The Labute approximate surface area is 152 Å². The Bertz CT molecular complexity index is 927. The molecule has 2 aromatic heterocycles. The summed E-state index contributed by atoms with van der Waals surface area (Å²) in [5.41, 5.74) is 3.36. The van der Waals surface area contributed by atoms with Gasteiger partial charge < -0.3 is 14.2 Å². The number of fused-ring (bicyclic) bond motifs is 1. The lowest BCUT2D eigenvalue weighted by Gasteiger charge is -2.36. The number of hydrogen-bond acceptors (Lipinski definition) is 3. The van der Waals surface area contributed by atoms with Crippen LogP contribution in [0.2, 0.25) is 0 Å². The maximum atomic E-state index is 13.1. The lowest BCUT2D eigenvalue weighted by Crippen LogP contribution is -2.41. The van der Waals surface area contributed by atoms with Gasteiger partial charge in [-0.25, -0.2) is 0 Å². The Hall–Kier alpha value is -3.02.